The number of nitrogens with zero attached hydrogens (tertiary/aromatic N) is 2. The van der Waals surface area contributed by atoms with E-state index in [0.717, 1.165) is 37.6 Å². The van der Waals surface area contributed by atoms with Gasteiger partial charge in [-0.2, -0.15) is 0 Å². The molecule has 1 aromatic rings. The number of hydrogen-bond donors (Lipinski definition) is 1. The molecule has 1 heterocycles. The predicted molar refractivity (Wildman–Crippen MR) is 115 cm³/mol. The van der Waals surface area contributed by atoms with E-state index in [1.807, 2.05) is 25.5 Å². The van der Waals surface area contributed by atoms with Crippen LogP contribution in [0.4, 0.5) is 0 Å². The monoisotopic (exact) mass is 357 g/mol. The van der Waals surface area contributed by atoms with E-state index in [1.54, 1.807) is 0 Å². The van der Waals surface area contributed by atoms with Crippen LogP contribution in [-0.4, -0.2) is 24.4 Å². The van der Waals surface area contributed by atoms with Crippen molar-refractivity contribution in [3.8, 4) is 0 Å². The Morgan fingerprint density at radius 3 is 2.65 bits per heavy atom. The number of rotatable bonds is 11. The average Bonchev–Trinajstić information content (AvgIpc) is 2.63. The van der Waals surface area contributed by atoms with Crippen LogP contribution in [0.3, 0.4) is 0 Å². The molecule has 1 unspecified atom stereocenters. The first kappa shape index (κ1) is 22.4. The molecule has 0 aliphatic heterocycles. The predicted octanol–water partition coefficient (Wildman–Crippen LogP) is 5.82. The van der Waals surface area contributed by atoms with Crippen molar-refractivity contribution >= 4 is 5.84 Å². The molecule has 0 radical (unpaired) electrons. The second kappa shape index (κ2) is 11.9. The normalized spacial score (nSPS) is 15.2. The van der Waals surface area contributed by atoms with Gasteiger partial charge in [0.25, 0.3) is 0 Å². The van der Waals surface area contributed by atoms with Crippen molar-refractivity contribution < 1.29 is 0 Å². The SMILES string of the molecule is CC/C=C(CCC(C)(CC)CC(C)C)/C(=N/C)NCCc1cccnc1. The van der Waals surface area contributed by atoms with Gasteiger partial charge in [-0.05, 0) is 60.6 Å². The van der Waals surface area contributed by atoms with Crippen molar-refractivity contribution in [3.63, 3.8) is 0 Å². The molecule has 0 spiro atoms. The highest BCUT2D eigenvalue weighted by atomic mass is 15.0. The van der Waals surface area contributed by atoms with Gasteiger partial charge in [-0.25, -0.2) is 0 Å². The summed E-state index contributed by atoms with van der Waals surface area (Å²) >= 11 is 0. The van der Waals surface area contributed by atoms with Crippen molar-refractivity contribution in [2.45, 2.75) is 73.1 Å². The van der Waals surface area contributed by atoms with Crippen LogP contribution in [0.2, 0.25) is 0 Å². The zero-order valence-electron chi connectivity index (χ0n) is 17.8. The Labute approximate surface area is 161 Å². The van der Waals surface area contributed by atoms with Gasteiger partial charge in [-0.3, -0.25) is 9.98 Å². The van der Waals surface area contributed by atoms with E-state index in [-0.39, 0.29) is 0 Å². The van der Waals surface area contributed by atoms with Crippen LogP contribution in [0.5, 0.6) is 0 Å². The maximum atomic E-state index is 4.55. The van der Waals surface area contributed by atoms with Crippen LogP contribution >= 0.6 is 0 Å². The van der Waals surface area contributed by atoms with Gasteiger partial charge >= 0.3 is 0 Å². The summed E-state index contributed by atoms with van der Waals surface area (Å²) in [6, 6.07) is 4.12. The molecule has 1 atom stereocenters. The molecular weight excluding hydrogens is 318 g/mol. The Hall–Kier alpha value is -1.64. The fourth-order valence-electron chi connectivity index (χ4n) is 3.62. The van der Waals surface area contributed by atoms with E-state index in [1.165, 1.54) is 30.4 Å². The molecule has 0 aromatic carbocycles. The fraction of sp³-hybridized carbons (Fsp3) is 0.652. The van der Waals surface area contributed by atoms with Gasteiger partial charge in [0.15, 0.2) is 0 Å². The number of amidine groups is 1. The molecule has 0 aliphatic rings. The lowest BCUT2D eigenvalue weighted by Crippen LogP contribution is -2.28. The summed E-state index contributed by atoms with van der Waals surface area (Å²) in [4.78, 5) is 8.73. The average molecular weight is 358 g/mol. The Kier molecular flexibility index (Phi) is 10.2. The molecular formula is C23H39N3. The molecule has 3 heteroatoms. The maximum absolute atomic E-state index is 4.55. The first-order valence-corrected chi connectivity index (χ1v) is 10.2. The molecule has 0 saturated heterocycles. The second-order valence-electron chi connectivity index (χ2n) is 8.01. The minimum absolute atomic E-state index is 0.412. The van der Waals surface area contributed by atoms with E-state index in [9.17, 15) is 0 Å². The van der Waals surface area contributed by atoms with Crippen LogP contribution in [0.15, 0.2) is 41.2 Å². The lowest BCUT2D eigenvalue weighted by atomic mass is 9.75. The molecule has 0 bridgehead atoms. The van der Waals surface area contributed by atoms with Crippen molar-refractivity contribution in [2.75, 3.05) is 13.6 Å². The summed E-state index contributed by atoms with van der Waals surface area (Å²) in [7, 11) is 1.89. The fourth-order valence-corrected chi connectivity index (χ4v) is 3.62. The molecule has 1 N–H and O–H groups in total. The summed E-state index contributed by atoms with van der Waals surface area (Å²) in [5.74, 6) is 1.80. The molecule has 0 amide bonds. The highest BCUT2D eigenvalue weighted by molar-refractivity contribution is 5.98. The first-order valence-electron chi connectivity index (χ1n) is 10.2. The van der Waals surface area contributed by atoms with Gasteiger partial charge in [-0.1, -0.05) is 53.2 Å². The summed E-state index contributed by atoms with van der Waals surface area (Å²) in [6.45, 7) is 12.5. The molecule has 26 heavy (non-hydrogen) atoms. The van der Waals surface area contributed by atoms with Crippen molar-refractivity contribution in [2.24, 2.45) is 16.3 Å². The number of aromatic nitrogens is 1. The summed E-state index contributed by atoms with van der Waals surface area (Å²) in [5, 5.41) is 3.55. The third-order valence-corrected chi connectivity index (χ3v) is 5.16. The van der Waals surface area contributed by atoms with Crippen LogP contribution in [-0.2, 0) is 6.42 Å². The van der Waals surface area contributed by atoms with Gasteiger partial charge in [-0.15, -0.1) is 0 Å². The smallest absolute Gasteiger partial charge is 0.123 e. The Morgan fingerprint density at radius 1 is 1.35 bits per heavy atom. The zero-order chi connectivity index (χ0) is 19.4. The van der Waals surface area contributed by atoms with Crippen molar-refractivity contribution in [3.05, 3.63) is 41.7 Å². The summed E-state index contributed by atoms with van der Waals surface area (Å²) in [5.41, 5.74) is 3.03. The van der Waals surface area contributed by atoms with Crippen molar-refractivity contribution in [1.82, 2.24) is 10.3 Å². The van der Waals surface area contributed by atoms with Gasteiger partial charge in [0.05, 0.1) is 0 Å². The van der Waals surface area contributed by atoms with E-state index in [2.05, 4.69) is 62.1 Å². The minimum Gasteiger partial charge on any atom is -0.370 e. The van der Waals surface area contributed by atoms with E-state index < -0.39 is 0 Å². The molecule has 1 aromatic heterocycles. The van der Waals surface area contributed by atoms with E-state index in [0.29, 0.717) is 5.41 Å². The highest BCUT2D eigenvalue weighted by Crippen LogP contribution is 2.35. The number of pyridine rings is 1. The van der Waals surface area contributed by atoms with Crippen LogP contribution in [0.25, 0.3) is 0 Å². The molecule has 146 valence electrons. The quantitative estimate of drug-likeness (QED) is 0.400. The van der Waals surface area contributed by atoms with E-state index in [4.69, 9.17) is 0 Å². The number of nitrogens with one attached hydrogen (secondary N) is 1. The molecule has 0 aliphatic carbocycles. The van der Waals surface area contributed by atoms with E-state index >= 15 is 0 Å². The lowest BCUT2D eigenvalue weighted by Gasteiger charge is -2.31. The maximum Gasteiger partial charge on any atom is 0.123 e. The summed E-state index contributed by atoms with van der Waals surface area (Å²) in [6.07, 6.45) is 12.9. The summed E-state index contributed by atoms with van der Waals surface area (Å²) < 4.78 is 0. The molecule has 0 fully saturated rings. The van der Waals surface area contributed by atoms with Crippen LogP contribution < -0.4 is 5.32 Å². The Bertz CT molecular complexity index is 560. The molecule has 1 rings (SSSR count). The van der Waals surface area contributed by atoms with Gasteiger partial charge in [0.2, 0.25) is 0 Å². The topological polar surface area (TPSA) is 37.3 Å². The Balaban J connectivity index is 2.66. The zero-order valence-corrected chi connectivity index (χ0v) is 17.8. The van der Waals surface area contributed by atoms with Crippen LogP contribution in [0.1, 0.15) is 72.3 Å². The van der Waals surface area contributed by atoms with Crippen LogP contribution in [0, 0.1) is 11.3 Å². The number of allylic oxidation sites excluding steroid dienone is 1. The molecule has 3 nitrogen and oxygen atoms in total. The van der Waals surface area contributed by atoms with Gasteiger partial charge < -0.3 is 5.32 Å². The third kappa shape index (κ3) is 8.16. The number of hydrogen-bond acceptors (Lipinski definition) is 2. The minimum atomic E-state index is 0.412. The van der Waals surface area contributed by atoms with Crippen molar-refractivity contribution in [1.29, 1.82) is 0 Å². The second-order valence-corrected chi connectivity index (χ2v) is 8.01. The first-order chi connectivity index (χ1) is 12.4. The Morgan fingerprint density at radius 2 is 2.12 bits per heavy atom. The third-order valence-electron chi connectivity index (χ3n) is 5.16. The lowest BCUT2D eigenvalue weighted by molar-refractivity contribution is 0.227. The largest absolute Gasteiger partial charge is 0.370 e. The number of aliphatic imine (C=N–C) groups is 1. The highest BCUT2D eigenvalue weighted by Gasteiger charge is 2.24. The van der Waals surface area contributed by atoms with Gasteiger partial charge in [0.1, 0.15) is 5.84 Å². The molecule has 0 saturated carbocycles. The van der Waals surface area contributed by atoms with Gasteiger partial charge in [0, 0.05) is 26.0 Å². The standard InChI is InChI=1S/C23H39N3/c1-7-10-21(12-14-23(5,8-2)17-19(3)4)22(24-6)26-16-13-20-11-9-15-25-18-20/h9-11,15,18-19H,7-8,12-14,16-17H2,1-6H3,(H,24,26)/b21-10+.